The van der Waals surface area contributed by atoms with Crippen LogP contribution in [0.1, 0.15) is 33.3 Å². The number of halogens is 4. The van der Waals surface area contributed by atoms with Crippen molar-refractivity contribution in [2.45, 2.75) is 23.0 Å². The van der Waals surface area contributed by atoms with Crippen LogP contribution in [0.5, 0.6) is 0 Å². The number of hydrogen-bond acceptors (Lipinski definition) is 0. The average molecular weight is 285 g/mol. The Morgan fingerprint density at radius 3 is 1.87 bits per heavy atom. The summed E-state index contributed by atoms with van der Waals surface area (Å²) in [5.41, 5.74) is 2.77. The van der Waals surface area contributed by atoms with Gasteiger partial charge < -0.3 is 0 Å². The number of hydrogen-bond donors (Lipinski definition) is 0. The molecule has 0 N–H and O–H groups in total. The molecule has 1 aromatic rings. The summed E-state index contributed by atoms with van der Waals surface area (Å²) < 4.78 is 0. The summed E-state index contributed by atoms with van der Waals surface area (Å²) >= 11 is 23.5. The van der Waals surface area contributed by atoms with E-state index in [1.807, 2.05) is 31.5 Å². The zero-order valence-electron chi connectivity index (χ0n) is 8.18. The van der Waals surface area contributed by atoms with Gasteiger partial charge in [0.1, 0.15) is 9.67 Å². The summed E-state index contributed by atoms with van der Waals surface area (Å²) in [5, 5.41) is 0. The van der Waals surface area contributed by atoms with Crippen LogP contribution in [0.3, 0.4) is 0 Å². The van der Waals surface area contributed by atoms with Crippen molar-refractivity contribution in [2.24, 2.45) is 0 Å². The Bertz CT molecular complexity index is 294. The Labute approximate surface area is 110 Å². The van der Waals surface area contributed by atoms with E-state index in [-0.39, 0.29) is 0 Å². The molecule has 0 bridgehead atoms. The highest BCUT2D eigenvalue weighted by Crippen LogP contribution is 2.35. The van der Waals surface area contributed by atoms with E-state index in [0.29, 0.717) is 0 Å². The van der Waals surface area contributed by atoms with Crippen molar-refractivity contribution < 1.29 is 0 Å². The van der Waals surface area contributed by atoms with Gasteiger partial charge in [0, 0.05) is 0 Å². The minimum absolute atomic E-state index is 0.549. The smallest absolute Gasteiger partial charge is 0.100 e. The Morgan fingerprint density at radius 1 is 1.07 bits per heavy atom. The third-order valence-corrected chi connectivity index (χ3v) is 3.07. The lowest BCUT2D eigenvalue weighted by Gasteiger charge is -2.15. The minimum Gasteiger partial charge on any atom is -0.100 e. The maximum Gasteiger partial charge on any atom is 0.133 e. The van der Waals surface area contributed by atoms with E-state index < -0.39 is 9.67 Å². The molecule has 0 heterocycles. The summed E-state index contributed by atoms with van der Waals surface area (Å²) in [5.74, 6) is 0. The van der Waals surface area contributed by atoms with Crippen molar-refractivity contribution in [2.75, 3.05) is 0 Å². The van der Waals surface area contributed by atoms with Gasteiger partial charge in [-0.15, -0.1) is 46.4 Å². The molecule has 0 aliphatic rings. The first kappa shape index (κ1) is 13.4. The zero-order chi connectivity index (χ0) is 11.4. The lowest BCUT2D eigenvalue weighted by atomic mass is 9.99. The molecule has 0 nitrogen and oxygen atoms in total. The van der Waals surface area contributed by atoms with Crippen LogP contribution in [0, 0.1) is 6.42 Å². The molecule has 1 radical (unpaired) electrons. The van der Waals surface area contributed by atoms with Crippen molar-refractivity contribution in [3.05, 3.63) is 41.3 Å². The van der Waals surface area contributed by atoms with Gasteiger partial charge in [-0.05, 0) is 29.5 Å². The third kappa shape index (κ3) is 3.42. The number of rotatable bonds is 4. The summed E-state index contributed by atoms with van der Waals surface area (Å²) in [7, 11) is 0. The topological polar surface area (TPSA) is 0 Å². The van der Waals surface area contributed by atoms with Crippen LogP contribution in [0.4, 0.5) is 0 Å². The Kier molecular flexibility index (Phi) is 5.56. The molecule has 0 spiro atoms. The van der Waals surface area contributed by atoms with Crippen LogP contribution >= 0.6 is 46.4 Å². The van der Waals surface area contributed by atoms with E-state index in [1.54, 1.807) is 0 Å². The summed E-state index contributed by atoms with van der Waals surface area (Å²) in [6.45, 7) is 1.97. The van der Waals surface area contributed by atoms with Crippen molar-refractivity contribution >= 4 is 46.4 Å². The molecule has 4 heteroatoms. The molecule has 0 saturated carbocycles. The largest absolute Gasteiger partial charge is 0.133 e. The van der Waals surface area contributed by atoms with Crippen LogP contribution in [0.2, 0.25) is 0 Å². The van der Waals surface area contributed by atoms with Gasteiger partial charge in [-0.1, -0.05) is 25.1 Å². The predicted octanol–water partition coefficient (Wildman–Crippen LogP) is 5.41. The minimum atomic E-state index is -0.549. The highest BCUT2D eigenvalue weighted by Gasteiger charge is 2.16. The van der Waals surface area contributed by atoms with Crippen LogP contribution in [0.25, 0.3) is 0 Å². The molecule has 1 aromatic carbocycles. The molecule has 0 aromatic heterocycles. The van der Waals surface area contributed by atoms with Gasteiger partial charge in [0.15, 0.2) is 0 Å². The van der Waals surface area contributed by atoms with Crippen LogP contribution in [0.15, 0.2) is 18.2 Å². The first-order chi connectivity index (χ1) is 7.07. The van der Waals surface area contributed by atoms with E-state index in [0.717, 1.165) is 23.1 Å². The van der Waals surface area contributed by atoms with Gasteiger partial charge in [0.05, 0.1) is 0 Å². The van der Waals surface area contributed by atoms with Gasteiger partial charge in [-0.25, -0.2) is 0 Å². The van der Waals surface area contributed by atoms with Crippen LogP contribution in [-0.4, -0.2) is 0 Å². The van der Waals surface area contributed by atoms with E-state index in [4.69, 9.17) is 46.4 Å². The summed E-state index contributed by atoms with van der Waals surface area (Å²) in [6.07, 6.45) is 2.78. The van der Waals surface area contributed by atoms with Gasteiger partial charge in [0.25, 0.3) is 0 Å². The SMILES string of the molecule is C[CH]Cc1c(C(Cl)Cl)cccc1C(Cl)Cl. The van der Waals surface area contributed by atoms with Gasteiger partial charge in [0.2, 0.25) is 0 Å². The maximum atomic E-state index is 5.89. The highest BCUT2D eigenvalue weighted by molar-refractivity contribution is 6.45. The van der Waals surface area contributed by atoms with E-state index in [1.165, 1.54) is 0 Å². The molecule has 0 aliphatic heterocycles. The standard InChI is InChI=1S/C11H11Cl4/c1-2-4-7-8(10(12)13)5-3-6-9(7)11(14)15/h2-3,5-6,10-11H,4H2,1H3. The average Bonchev–Trinajstić information content (AvgIpc) is 2.17. The van der Waals surface area contributed by atoms with Crippen molar-refractivity contribution in [1.29, 1.82) is 0 Å². The molecule has 0 fully saturated rings. The molecule has 0 atom stereocenters. The molecule has 0 unspecified atom stereocenters. The second kappa shape index (κ2) is 6.20. The Balaban J connectivity index is 3.21. The van der Waals surface area contributed by atoms with Crippen molar-refractivity contribution in [3.8, 4) is 0 Å². The van der Waals surface area contributed by atoms with Crippen molar-refractivity contribution in [1.82, 2.24) is 0 Å². The number of benzene rings is 1. The van der Waals surface area contributed by atoms with Gasteiger partial charge in [-0.2, -0.15) is 0 Å². The third-order valence-electron chi connectivity index (χ3n) is 2.13. The molecule has 83 valence electrons. The summed E-state index contributed by atoms with van der Waals surface area (Å²) in [4.78, 5) is -1.10. The van der Waals surface area contributed by atoms with Crippen LogP contribution < -0.4 is 0 Å². The number of alkyl halides is 4. The second-order valence-electron chi connectivity index (χ2n) is 3.13. The van der Waals surface area contributed by atoms with Crippen molar-refractivity contribution in [3.63, 3.8) is 0 Å². The molecular weight excluding hydrogens is 274 g/mol. The van der Waals surface area contributed by atoms with E-state index >= 15 is 0 Å². The first-order valence-electron chi connectivity index (χ1n) is 4.53. The lowest BCUT2D eigenvalue weighted by molar-refractivity contribution is 1.06. The molecule has 1 rings (SSSR count). The zero-order valence-corrected chi connectivity index (χ0v) is 11.2. The second-order valence-corrected chi connectivity index (χ2v) is 5.32. The fourth-order valence-corrected chi connectivity index (χ4v) is 2.29. The highest BCUT2D eigenvalue weighted by atomic mass is 35.5. The van der Waals surface area contributed by atoms with Gasteiger partial charge >= 0.3 is 0 Å². The molecule has 0 amide bonds. The normalized spacial score (nSPS) is 11.4. The first-order valence-corrected chi connectivity index (χ1v) is 6.28. The van der Waals surface area contributed by atoms with Crippen LogP contribution in [-0.2, 0) is 6.42 Å². The Morgan fingerprint density at radius 2 is 1.53 bits per heavy atom. The maximum absolute atomic E-state index is 5.89. The van der Waals surface area contributed by atoms with E-state index in [9.17, 15) is 0 Å². The van der Waals surface area contributed by atoms with E-state index in [2.05, 4.69) is 0 Å². The molecule has 0 saturated heterocycles. The Hall–Kier alpha value is 0.380. The fraction of sp³-hybridized carbons (Fsp3) is 0.364. The fourth-order valence-electron chi connectivity index (χ4n) is 1.47. The predicted molar refractivity (Wildman–Crippen MR) is 69.0 cm³/mol. The summed E-state index contributed by atoms with van der Waals surface area (Å²) in [6, 6.07) is 5.64. The monoisotopic (exact) mass is 283 g/mol. The molecule has 0 aliphatic carbocycles. The quantitative estimate of drug-likeness (QED) is 0.649. The molecular formula is C11H11Cl4. The lowest BCUT2D eigenvalue weighted by Crippen LogP contribution is -1.99. The molecule has 15 heavy (non-hydrogen) atoms. The van der Waals surface area contributed by atoms with Gasteiger partial charge in [-0.3, -0.25) is 0 Å².